The van der Waals surface area contributed by atoms with Gasteiger partial charge in [0.2, 0.25) is 11.9 Å². The largest absolute Gasteiger partial charge is 0.351 e. The van der Waals surface area contributed by atoms with Crippen LogP contribution in [0.5, 0.6) is 0 Å². The maximum absolute atomic E-state index is 11.9. The summed E-state index contributed by atoms with van der Waals surface area (Å²) in [7, 11) is 0. The maximum atomic E-state index is 11.9. The van der Waals surface area contributed by atoms with Gasteiger partial charge >= 0.3 is 0 Å². The minimum atomic E-state index is -0.170. The van der Waals surface area contributed by atoms with Crippen LogP contribution in [-0.4, -0.2) is 46.8 Å². The summed E-state index contributed by atoms with van der Waals surface area (Å²) in [6.07, 6.45) is 13.3. The number of nitrogens with one attached hydrogen (secondary N) is 2. The molecule has 0 spiro atoms. The van der Waals surface area contributed by atoms with Gasteiger partial charge in [0.25, 0.3) is 5.56 Å². The van der Waals surface area contributed by atoms with E-state index in [2.05, 4.69) is 40.8 Å². The predicted molar refractivity (Wildman–Crippen MR) is 106 cm³/mol. The zero-order valence-electron chi connectivity index (χ0n) is 15.8. The lowest BCUT2D eigenvalue weighted by atomic mass is 10.2. The number of hydrogen-bond donors (Lipinski definition) is 2. The maximum Gasteiger partial charge on any atom is 0.257 e. The summed E-state index contributed by atoms with van der Waals surface area (Å²) in [5.74, 6) is 1.69. The molecule has 2 aliphatic carbocycles. The number of rotatable bonds is 6. The molecule has 3 aromatic heterocycles. The fraction of sp³-hybridized carbons (Fsp3) is 0.421. The Labute approximate surface area is 166 Å². The van der Waals surface area contributed by atoms with E-state index in [1.54, 1.807) is 12.4 Å². The summed E-state index contributed by atoms with van der Waals surface area (Å²) in [6, 6.07) is 1.95. The first-order valence-corrected chi connectivity index (χ1v) is 9.82. The van der Waals surface area contributed by atoms with Crippen molar-refractivity contribution in [1.29, 1.82) is 0 Å². The van der Waals surface area contributed by atoms with Crippen molar-refractivity contribution in [2.75, 3.05) is 10.6 Å². The molecule has 3 heterocycles. The lowest BCUT2D eigenvalue weighted by Crippen LogP contribution is -2.23. The molecule has 2 fully saturated rings. The number of hydrogen-bond acceptors (Lipinski definition) is 9. The predicted octanol–water partition coefficient (Wildman–Crippen LogP) is 1.53. The van der Waals surface area contributed by atoms with Gasteiger partial charge in [-0.25, -0.2) is 19.9 Å². The first kappa shape index (κ1) is 17.7. The molecule has 2 aliphatic rings. The van der Waals surface area contributed by atoms with Gasteiger partial charge in [-0.05, 0) is 32.1 Å². The summed E-state index contributed by atoms with van der Waals surface area (Å²) in [5, 5.41) is 15.2. The van der Waals surface area contributed by atoms with E-state index in [0.29, 0.717) is 23.5 Å². The lowest BCUT2D eigenvalue weighted by molar-refractivity contribution is 0.708. The molecular formula is C19H21N9O. The molecule has 0 saturated heterocycles. The molecule has 29 heavy (non-hydrogen) atoms. The Morgan fingerprint density at radius 1 is 0.897 bits per heavy atom. The Balaban J connectivity index is 1.16. The molecule has 0 radical (unpaired) electrons. The molecule has 3 aromatic rings. The summed E-state index contributed by atoms with van der Waals surface area (Å²) < 4.78 is 1.40. The Morgan fingerprint density at radius 3 is 2.28 bits per heavy atom. The van der Waals surface area contributed by atoms with Gasteiger partial charge in [0.15, 0.2) is 0 Å². The zero-order valence-corrected chi connectivity index (χ0v) is 15.8. The van der Waals surface area contributed by atoms with Crippen molar-refractivity contribution in [3.8, 4) is 5.69 Å². The fourth-order valence-corrected chi connectivity index (χ4v) is 3.59. The minimum Gasteiger partial charge on any atom is -0.351 e. The number of nitrogens with zero attached hydrogens (tertiary/aromatic N) is 7. The van der Waals surface area contributed by atoms with Gasteiger partial charge in [0.1, 0.15) is 6.33 Å². The summed E-state index contributed by atoms with van der Waals surface area (Å²) in [5.41, 5.74) is 1.41. The second-order valence-electron chi connectivity index (χ2n) is 7.53. The molecule has 0 amide bonds. The summed E-state index contributed by atoms with van der Waals surface area (Å²) in [6.45, 7) is 0. The van der Waals surface area contributed by atoms with Crippen LogP contribution in [0.1, 0.15) is 43.7 Å². The van der Waals surface area contributed by atoms with Crippen molar-refractivity contribution >= 4 is 11.9 Å². The van der Waals surface area contributed by atoms with Crippen LogP contribution in [0.25, 0.3) is 5.69 Å². The quantitative estimate of drug-likeness (QED) is 0.644. The normalized spacial score (nSPS) is 21.1. The highest BCUT2D eigenvalue weighted by Gasteiger charge is 2.27. The number of aromatic nitrogens is 7. The smallest absolute Gasteiger partial charge is 0.257 e. The van der Waals surface area contributed by atoms with Gasteiger partial charge < -0.3 is 10.6 Å². The molecule has 2 saturated carbocycles. The van der Waals surface area contributed by atoms with Crippen LogP contribution in [0.2, 0.25) is 0 Å². The Morgan fingerprint density at radius 2 is 1.62 bits per heavy atom. The average Bonchev–Trinajstić information content (AvgIpc) is 3.51. The van der Waals surface area contributed by atoms with Crippen molar-refractivity contribution in [3.63, 3.8) is 0 Å². The van der Waals surface area contributed by atoms with Crippen LogP contribution in [0, 0.1) is 0 Å². The molecule has 10 heteroatoms. The average molecular weight is 391 g/mol. The van der Waals surface area contributed by atoms with E-state index in [0.717, 1.165) is 25.0 Å². The highest BCUT2D eigenvalue weighted by molar-refractivity contribution is 5.34. The van der Waals surface area contributed by atoms with Crippen LogP contribution in [-0.2, 0) is 0 Å². The standard InChI is InChI=1S/C19H21N9O/c29-17-5-6-20-11-28(17)15-8-21-18(22-9-15)24-13-3-4-14(7-13)25-19-23-10-16(26-27-19)12-1-2-12/h5-6,8-14H,1-4,7H2,(H,21,22,24)(H,23,25,27)/t13-,14-/m0/s1. The molecule has 2 atom stereocenters. The first-order chi connectivity index (χ1) is 14.2. The van der Waals surface area contributed by atoms with E-state index in [1.165, 1.54) is 36.0 Å². The minimum absolute atomic E-state index is 0.170. The van der Waals surface area contributed by atoms with Crippen molar-refractivity contribution in [1.82, 2.24) is 34.7 Å². The summed E-state index contributed by atoms with van der Waals surface area (Å²) in [4.78, 5) is 28.9. The Hall–Kier alpha value is -3.43. The molecule has 0 aromatic carbocycles. The zero-order chi connectivity index (χ0) is 19.6. The fourth-order valence-electron chi connectivity index (χ4n) is 3.59. The Kier molecular flexibility index (Phi) is 4.59. The molecule has 5 rings (SSSR count). The van der Waals surface area contributed by atoms with E-state index in [1.807, 2.05) is 6.20 Å². The van der Waals surface area contributed by atoms with Crippen molar-refractivity contribution in [3.05, 3.63) is 53.2 Å². The van der Waals surface area contributed by atoms with Crippen molar-refractivity contribution < 1.29 is 0 Å². The van der Waals surface area contributed by atoms with Gasteiger partial charge in [0, 0.05) is 30.3 Å². The van der Waals surface area contributed by atoms with Crippen LogP contribution in [0.15, 0.2) is 42.0 Å². The van der Waals surface area contributed by atoms with Crippen molar-refractivity contribution in [2.45, 2.75) is 50.1 Å². The SMILES string of the molecule is O=c1ccncn1-c1cnc(N[C@H]2CC[C@H](Nc3ncc(C4CC4)nn3)C2)nc1. The highest BCUT2D eigenvalue weighted by atomic mass is 16.1. The van der Waals surface area contributed by atoms with E-state index in [9.17, 15) is 4.79 Å². The second kappa shape index (κ2) is 7.53. The van der Waals surface area contributed by atoms with Crippen LogP contribution >= 0.6 is 0 Å². The van der Waals surface area contributed by atoms with E-state index < -0.39 is 0 Å². The topological polar surface area (TPSA) is 123 Å². The van der Waals surface area contributed by atoms with Crippen LogP contribution in [0.3, 0.4) is 0 Å². The highest BCUT2D eigenvalue weighted by Crippen LogP contribution is 2.38. The Bertz CT molecular complexity index is 1030. The lowest BCUT2D eigenvalue weighted by Gasteiger charge is -2.14. The van der Waals surface area contributed by atoms with E-state index in [-0.39, 0.29) is 17.6 Å². The van der Waals surface area contributed by atoms with Gasteiger partial charge in [-0.1, -0.05) is 0 Å². The van der Waals surface area contributed by atoms with Gasteiger partial charge in [-0.2, -0.15) is 0 Å². The van der Waals surface area contributed by atoms with Gasteiger partial charge in [-0.15, -0.1) is 10.2 Å². The third-order valence-electron chi connectivity index (χ3n) is 5.31. The second-order valence-corrected chi connectivity index (χ2v) is 7.53. The van der Waals surface area contributed by atoms with Gasteiger partial charge in [0.05, 0.1) is 30.0 Å². The molecule has 148 valence electrons. The van der Waals surface area contributed by atoms with E-state index >= 15 is 0 Å². The molecule has 0 unspecified atom stereocenters. The molecule has 10 nitrogen and oxygen atoms in total. The first-order valence-electron chi connectivity index (χ1n) is 9.82. The van der Waals surface area contributed by atoms with Crippen LogP contribution < -0.4 is 16.2 Å². The molecule has 0 bridgehead atoms. The van der Waals surface area contributed by atoms with Crippen LogP contribution in [0.4, 0.5) is 11.9 Å². The molecule has 0 aliphatic heterocycles. The summed E-state index contributed by atoms with van der Waals surface area (Å²) >= 11 is 0. The van der Waals surface area contributed by atoms with Crippen molar-refractivity contribution in [2.24, 2.45) is 0 Å². The molecule has 2 N–H and O–H groups in total. The number of anilines is 2. The van der Waals surface area contributed by atoms with E-state index in [4.69, 9.17) is 0 Å². The third-order valence-corrected chi connectivity index (χ3v) is 5.31. The third kappa shape index (κ3) is 4.05. The van der Waals surface area contributed by atoms with Gasteiger partial charge in [-0.3, -0.25) is 9.36 Å². The monoisotopic (exact) mass is 391 g/mol. The molecular weight excluding hydrogens is 370 g/mol.